The summed E-state index contributed by atoms with van der Waals surface area (Å²) in [7, 11) is 1.55. The van der Waals surface area contributed by atoms with Crippen LogP contribution in [0.25, 0.3) is 17.0 Å². The number of benzene rings is 3. The number of rotatable bonds is 9. The van der Waals surface area contributed by atoms with E-state index in [0.717, 1.165) is 11.1 Å². The molecule has 8 nitrogen and oxygen atoms in total. The van der Waals surface area contributed by atoms with E-state index in [2.05, 4.69) is 5.32 Å². The molecule has 0 radical (unpaired) electrons. The number of nitrogens with one attached hydrogen (secondary N) is 1. The Morgan fingerprint density at radius 1 is 1.00 bits per heavy atom. The van der Waals surface area contributed by atoms with Gasteiger partial charge < -0.3 is 23.9 Å². The maximum Gasteiger partial charge on any atom is 0.349 e. The van der Waals surface area contributed by atoms with E-state index in [4.69, 9.17) is 18.6 Å². The molecule has 1 aromatic heterocycles. The molecule has 39 heavy (non-hydrogen) atoms. The van der Waals surface area contributed by atoms with E-state index in [-0.39, 0.29) is 22.9 Å². The van der Waals surface area contributed by atoms with Gasteiger partial charge in [-0.15, -0.1) is 0 Å². The Bertz CT molecular complexity index is 1600. The van der Waals surface area contributed by atoms with Gasteiger partial charge in [-0.1, -0.05) is 30.3 Å². The zero-order chi connectivity index (χ0) is 27.9. The van der Waals surface area contributed by atoms with E-state index >= 15 is 0 Å². The number of methoxy groups -OCH3 is 1. The summed E-state index contributed by atoms with van der Waals surface area (Å²) < 4.78 is 22.1. The highest BCUT2D eigenvalue weighted by Gasteiger charge is 2.15. The van der Waals surface area contributed by atoms with Crippen molar-refractivity contribution in [1.82, 2.24) is 5.32 Å². The first kappa shape index (κ1) is 27.2. The van der Waals surface area contributed by atoms with Crippen LogP contribution < -0.4 is 25.2 Å². The minimum Gasteiger partial charge on any atom is -0.493 e. The number of ether oxygens (including phenoxy) is 3. The number of carbonyl (C=O) groups is 2. The number of aryl methyl sites for hydroxylation is 1. The van der Waals surface area contributed by atoms with Crippen molar-refractivity contribution in [2.45, 2.75) is 33.4 Å². The van der Waals surface area contributed by atoms with Crippen molar-refractivity contribution in [3.8, 4) is 17.2 Å². The van der Waals surface area contributed by atoms with Crippen LogP contribution in [0.5, 0.6) is 17.2 Å². The lowest BCUT2D eigenvalue weighted by Crippen LogP contribution is -2.33. The number of fused-ring (bicyclic) bond motifs is 1. The molecular formula is C31H29NO7. The molecule has 0 fully saturated rings. The van der Waals surface area contributed by atoms with E-state index in [9.17, 15) is 14.4 Å². The topological polar surface area (TPSA) is 104 Å². The predicted molar refractivity (Wildman–Crippen MR) is 148 cm³/mol. The largest absolute Gasteiger partial charge is 0.493 e. The van der Waals surface area contributed by atoms with Crippen LogP contribution in [0.3, 0.4) is 0 Å². The van der Waals surface area contributed by atoms with Gasteiger partial charge in [-0.2, -0.15) is 0 Å². The highest BCUT2D eigenvalue weighted by molar-refractivity contribution is 5.97. The summed E-state index contributed by atoms with van der Waals surface area (Å²) >= 11 is 0. The summed E-state index contributed by atoms with van der Waals surface area (Å²) in [5, 5.41) is 3.19. The number of hydrogen-bond donors (Lipinski definition) is 1. The van der Waals surface area contributed by atoms with Crippen molar-refractivity contribution >= 4 is 28.9 Å². The second kappa shape index (κ2) is 12.1. The summed E-state index contributed by atoms with van der Waals surface area (Å²) in [6.07, 6.45) is 2.87. The first-order valence-electron chi connectivity index (χ1n) is 12.4. The Kier molecular flexibility index (Phi) is 8.46. The summed E-state index contributed by atoms with van der Waals surface area (Å²) in [6, 6.07) is 19.2. The van der Waals surface area contributed by atoms with Crippen LogP contribution in [0, 0.1) is 6.92 Å². The van der Waals surface area contributed by atoms with Crippen LogP contribution in [0.2, 0.25) is 0 Å². The average Bonchev–Trinajstić information content (AvgIpc) is 2.90. The fourth-order valence-corrected chi connectivity index (χ4v) is 3.80. The molecule has 0 unspecified atom stereocenters. The zero-order valence-electron chi connectivity index (χ0n) is 22.1. The van der Waals surface area contributed by atoms with Gasteiger partial charge in [-0.05, 0) is 73.9 Å². The lowest BCUT2D eigenvalue weighted by Gasteiger charge is -2.12. The summed E-state index contributed by atoms with van der Waals surface area (Å²) in [4.78, 5) is 36.9. The van der Waals surface area contributed by atoms with E-state index in [1.54, 1.807) is 57.4 Å². The minimum absolute atomic E-state index is 0.0918. The normalized spacial score (nSPS) is 11.1. The zero-order valence-corrected chi connectivity index (χ0v) is 22.1. The van der Waals surface area contributed by atoms with E-state index < -0.39 is 17.5 Å². The number of esters is 1. The molecule has 1 amide bonds. The Labute approximate surface area is 225 Å². The Hall–Kier alpha value is -4.85. The maximum absolute atomic E-state index is 12.4. The van der Waals surface area contributed by atoms with Gasteiger partial charge in [0.1, 0.15) is 23.5 Å². The summed E-state index contributed by atoms with van der Waals surface area (Å²) in [6.45, 7) is 6.02. The third-order valence-electron chi connectivity index (χ3n) is 5.83. The molecule has 200 valence electrons. The van der Waals surface area contributed by atoms with Gasteiger partial charge in [-0.3, -0.25) is 4.79 Å². The van der Waals surface area contributed by atoms with Crippen LogP contribution >= 0.6 is 0 Å². The number of hydrogen-bond acceptors (Lipinski definition) is 7. The minimum atomic E-state index is -0.774. The lowest BCUT2D eigenvalue weighted by molar-refractivity contribution is -0.128. The molecule has 1 N–H and O–H groups in total. The van der Waals surface area contributed by atoms with E-state index in [1.165, 1.54) is 18.2 Å². The molecule has 4 aromatic rings. The molecule has 0 aliphatic heterocycles. The fourth-order valence-electron chi connectivity index (χ4n) is 3.80. The molecule has 3 aromatic carbocycles. The first-order chi connectivity index (χ1) is 18.7. The smallest absolute Gasteiger partial charge is 0.349 e. The van der Waals surface area contributed by atoms with Crippen LogP contribution in [-0.2, 0) is 11.4 Å². The second-order valence-corrected chi connectivity index (χ2v) is 9.16. The maximum atomic E-state index is 12.4. The SMILES string of the molecule is COc1cc(/C=C/C(=O)Oc2ccc3cc(C(=O)NC(C)C)c(=O)oc3c2)ccc1OCc1ccccc1C. The monoisotopic (exact) mass is 527 g/mol. The van der Waals surface area contributed by atoms with Crippen molar-refractivity contribution in [1.29, 1.82) is 0 Å². The van der Waals surface area contributed by atoms with Crippen molar-refractivity contribution < 1.29 is 28.2 Å². The number of carbonyl (C=O) groups excluding carboxylic acids is 2. The van der Waals surface area contributed by atoms with Crippen LogP contribution in [-0.4, -0.2) is 25.0 Å². The van der Waals surface area contributed by atoms with Gasteiger partial charge in [0.2, 0.25) is 0 Å². The van der Waals surface area contributed by atoms with Crippen LogP contribution in [0.1, 0.15) is 40.9 Å². The average molecular weight is 528 g/mol. The van der Waals surface area contributed by atoms with Crippen molar-refractivity contribution in [2.75, 3.05) is 7.11 Å². The lowest BCUT2D eigenvalue weighted by atomic mass is 10.1. The van der Waals surface area contributed by atoms with Gasteiger partial charge in [0.25, 0.3) is 5.91 Å². The molecule has 4 rings (SSSR count). The summed E-state index contributed by atoms with van der Waals surface area (Å²) in [5.74, 6) is 0.178. The van der Waals surface area contributed by atoms with Gasteiger partial charge in [0, 0.05) is 23.6 Å². The van der Waals surface area contributed by atoms with Gasteiger partial charge >= 0.3 is 11.6 Å². The molecule has 0 aliphatic carbocycles. The molecule has 0 bridgehead atoms. The molecule has 1 heterocycles. The van der Waals surface area contributed by atoms with Crippen molar-refractivity contribution in [2.24, 2.45) is 0 Å². The van der Waals surface area contributed by atoms with Crippen LogP contribution in [0.15, 0.2) is 82.0 Å². The Balaban J connectivity index is 1.42. The quantitative estimate of drug-likeness (QED) is 0.134. The van der Waals surface area contributed by atoms with Gasteiger partial charge in [0.15, 0.2) is 11.5 Å². The number of amides is 1. The third kappa shape index (κ3) is 6.93. The third-order valence-corrected chi connectivity index (χ3v) is 5.83. The molecule has 0 saturated heterocycles. The Morgan fingerprint density at radius 3 is 2.54 bits per heavy atom. The second-order valence-electron chi connectivity index (χ2n) is 9.16. The molecule has 0 atom stereocenters. The predicted octanol–water partition coefficient (Wildman–Crippen LogP) is 5.45. The fraction of sp³-hybridized carbons (Fsp3) is 0.194. The van der Waals surface area contributed by atoms with Gasteiger partial charge in [-0.25, -0.2) is 9.59 Å². The summed E-state index contributed by atoms with van der Waals surface area (Å²) in [5.41, 5.74) is 2.26. The Morgan fingerprint density at radius 2 is 1.79 bits per heavy atom. The molecule has 0 aliphatic rings. The highest BCUT2D eigenvalue weighted by Crippen LogP contribution is 2.30. The van der Waals surface area contributed by atoms with Gasteiger partial charge in [0.05, 0.1) is 7.11 Å². The van der Waals surface area contributed by atoms with Crippen LogP contribution in [0.4, 0.5) is 0 Å². The van der Waals surface area contributed by atoms with Crippen molar-refractivity contribution in [3.05, 3.63) is 105 Å². The van der Waals surface area contributed by atoms with Crippen molar-refractivity contribution in [3.63, 3.8) is 0 Å². The highest BCUT2D eigenvalue weighted by atomic mass is 16.5. The van der Waals surface area contributed by atoms with E-state index in [0.29, 0.717) is 29.1 Å². The standard InChI is InChI=1S/C31H29NO7/c1-19(2)32-30(34)25-16-22-11-12-24(17-27(22)39-31(25)35)38-29(33)14-10-21-9-13-26(28(15-21)36-4)37-18-23-8-6-5-7-20(23)3/h5-17,19H,18H2,1-4H3,(H,32,34)/b14-10+. The molecule has 0 spiro atoms. The molecule has 8 heteroatoms. The first-order valence-corrected chi connectivity index (χ1v) is 12.4. The molecule has 0 saturated carbocycles. The molecular weight excluding hydrogens is 498 g/mol. The van der Waals surface area contributed by atoms with E-state index in [1.807, 2.05) is 31.2 Å².